The number of fused-ring (bicyclic) bond motifs is 5. The van der Waals surface area contributed by atoms with Gasteiger partial charge < -0.3 is 9.15 Å². The molecule has 2 aromatic carbocycles. The highest BCUT2D eigenvalue weighted by Crippen LogP contribution is 2.38. The number of Topliss-reactive ketones (excluding diaryl/α,β-unsaturated/α-hetero) is 3. The van der Waals surface area contributed by atoms with E-state index in [1.807, 2.05) is 12.1 Å². The monoisotopic (exact) mass is 364 g/mol. The van der Waals surface area contributed by atoms with Crippen LogP contribution in [0.15, 0.2) is 45.6 Å². The van der Waals surface area contributed by atoms with Gasteiger partial charge >= 0.3 is 11.6 Å². The Morgan fingerprint density at radius 1 is 1.04 bits per heavy atom. The summed E-state index contributed by atoms with van der Waals surface area (Å²) in [7, 11) is 0. The van der Waals surface area contributed by atoms with Gasteiger partial charge in [0, 0.05) is 0 Å². The molecule has 27 heavy (non-hydrogen) atoms. The molecule has 0 bridgehead atoms. The minimum absolute atomic E-state index is 0.159. The third-order valence-electron chi connectivity index (χ3n) is 4.44. The Balaban J connectivity index is 2.00. The molecule has 1 atom stereocenters. The molecule has 7 heteroatoms. The lowest BCUT2D eigenvalue weighted by Gasteiger charge is -2.21. The van der Waals surface area contributed by atoms with Gasteiger partial charge in [-0.2, -0.15) is 0 Å². The summed E-state index contributed by atoms with van der Waals surface area (Å²) in [6.07, 6.45) is -0.595. The summed E-state index contributed by atoms with van der Waals surface area (Å²) >= 11 is 0. The molecule has 0 radical (unpaired) electrons. The lowest BCUT2D eigenvalue weighted by molar-refractivity contribution is -0.142. The second-order valence-corrected chi connectivity index (χ2v) is 6.32. The Morgan fingerprint density at radius 3 is 2.52 bits per heavy atom. The predicted molar refractivity (Wildman–Crippen MR) is 93.8 cm³/mol. The zero-order valence-electron chi connectivity index (χ0n) is 14.1. The van der Waals surface area contributed by atoms with Crippen molar-refractivity contribution in [1.29, 1.82) is 0 Å². The van der Waals surface area contributed by atoms with Crippen molar-refractivity contribution in [3.63, 3.8) is 0 Å². The summed E-state index contributed by atoms with van der Waals surface area (Å²) in [4.78, 5) is 60.8. The second-order valence-electron chi connectivity index (χ2n) is 6.32. The van der Waals surface area contributed by atoms with E-state index in [9.17, 15) is 24.0 Å². The number of benzene rings is 2. The number of ether oxygens (including phenoxy) is 1. The fraction of sp³-hybridized carbons (Fsp3) is 0.150. The number of esters is 1. The molecule has 0 fully saturated rings. The first-order valence-corrected chi connectivity index (χ1v) is 8.15. The van der Waals surface area contributed by atoms with Crippen LogP contribution in [0.4, 0.5) is 0 Å². The van der Waals surface area contributed by atoms with E-state index in [2.05, 4.69) is 0 Å². The van der Waals surface area contributed by atoms with Gasteiger partial charge in [-0.15, -0.1) is 0 Å². The number of ketones is 3. The van der Waals surface area contributed by atoms with Crippen molar-refractivity contribution in [1.82, 2.24) is 0 Å². The quantitative estimate of drug-likeness (QED) is 0.303. The van der Waals surface area contributed by atoms with Crippen molar-refractivity contribution in [3.8, 4) is 5.75 Å². The predicted octanol–water partition coefficient (Wildman–Crippen LogP) is 2.21. The van der Waals surface area contributed by atoms with Crippen molar-refractivity contribution >= 4 is 45.1 Å². The lowest BCUT2D eigenvalue weighted by atomic mass is 9.88. The van der Waals surface area contributed by atoms with Crippen LogP contribution in [-0.2, 0) is 14.4 Å². The van der Waals surface area contributed by atoms with Crippen LogP contribution in [-0.4, -0.2) is 23.3 Å². The highest BCUT2D eigenvalue weighted by atomic mass is 16.5. The molecule has 134 valence electrons. The first-order chi connectivity index (χ1) is 12.9. The minimum atomic E-state index is -1.84. The van der Waals surface area contributed by atoms with E-state index in [1.165, 1.54) is 6.92 Å². The fourth-order valence-corrected chi connectivity index (χ4v) is 3.29. The van der Waals surface area contributed by atoms with Crippen LogP contribution in [0, 0.1) is 5.92 Å². The number of hydrogen-bond donors (Lipinski definition) is 0. The first kappa shape index (κ1) is 16.8. The molecule has 3 aromatic rings. The Labute approximate surface area is 151 Å². The number of hydrogen-bond acceptors (Lipinski definition) is 7. The van der Waals surface area contributed by atoms with Crippen LogP contribution in [0.1, 0.15) is 23.7 Å². The van der Waals surface area contributed by atoms with Crippen LogP contribution in [0.2, 0.25) is 0 Å². The van der Waals surface area contributed by atoms with Crippen molar-refractivity contribution in [2.45, 2.75) is 13.3 Å². The van der Waals surface area contributed by atoms with Crippen molar-refractivity contribution < 1.29 is 28.3 Å². The number of carbonyl (C=O) groups is 4. The summed E-state index contributed by atoms with van der Waals surface area (Å²) in [5.74, 6) is -5.55. The Kier molecular flexibility index (Phi) is 3.73. The molecule has 1 aliphatic rings. The normalized spacial score (nSPS) is 16.3. The van der Waals surface area contributed by atoms with Gasteiger partial charge in [-0.25, -0.2) is 4.79 Å². The maximum Gasteiger partial charge on any atom is 0.351 e. The molecule has 7 nitrogen and oxygen atoms in total. The highest BCUT2D eigenvalue weighted by molar-refractivity contribution is 6.29. The van der Waals surface area contributed by atoms with Gasteiger partial charge in [-0.1, -0.05) is 30.3 Å². The van der Waals surface area contributed by atoms with Crippen LogP contribution >= 0.6 is 0 Å². The zero-order chi connectivity index (χ0) is 19.3. The van der Waals surface area contributed by atoms with Gasteiger partial charge in [-0.3, -0.25) is 19.2 Å². The molecular formula is C20H12O7. The molecule has 1 aromatic heterocycles. The molecule has 1 aliphatic heterocycles. The van der Waals surface area contributed by atoms with Gasteiger partial charge in [0.15, 0.2) is 23.2 Å². The summed E-state index contributed by atoms with van der Waals surface area (Å²) in [5.41, 5.74) is -1.32. The van der Waals surface area contributed by atoms with Crippen molar-refractivity contribution in [3.05, 3.63) is 52.4 Å². The van der Waals surface area contributed by atoms with Gasteiger partial charge in [0.05, 0.1) is 11.8 Å². The molecule has 0 spiro atoms. The highest BCUT2D eigenvalue weighted by Gasteiger charge is 2.44. The third kappa shape index (κ3) is 2.55. The maximum atomic E-state index is 12.8. The average Bonchev–Trinajstić information content (AvgIpc) is 2.60. The van der Waals surface area contributed by atoms with E-state index in [-0.39, 0.29) is 11.3 Å². The van der Waals surface area contributed by atoms with E-state index >= 15 is 0 Å². The van der Waals surface area contributed by atoms with E-state index in [4.69, 9.17) is 9.15 Å². The van der Waals surface area contributed by atoms with E-state index in [1.54, 1.807) is 24.3 Å². The molecule has 2 heterocycles. The molecule has 1 unspecified atom stereocenters. The molecule has 0 saturated carbocycles. The van der Waals surface area contributed by atoms with E-state index in [0.29, 0.717) is 10.8 Å². The van der Waals surface area contributed by atoms with Crippen LogP contribution in [0.25, 0.3) is 21.7 Å². The van der Waals surface area contributed by atoms with Crippen LogP contribution < -0.4 is 10.4 Å². The van der Waals surface area contributed by atoms with E-state index in [0.717, 1.165) is 5.39 Å². The minimum Gasteiger partial charge on any atom is -0.424 e. The molecule has 0 amide bonds. The summed E-state index contributed by atoms with van der Waals surface area (Å²) < 4.78 is 10.5. The van der Waals surface area contributed by atoms with Crippen LogP contribution in [0.3, 0.4) is 0 Å². The number of rotatable bonds is 3. The van der Waals surface area contributed by atoms with Gasteiger partial charge in [0.2, 0.25) is 0 Å². The third-order valence-corrected chi connectivity index (χ3v) is 4.44. The van der Waals surface area contributed by atoms with Gasteiger partial charge in [0.25, 0.3) is 0 Å². The fourth-order valence-electron chi connectivity index (χ4n) is 3.29. The SMILES string of the molecule is CC(=O)CC(=O)C1C(=O)Oc2c(c(=O)oc3ccc4ccccc4c23)C1=O. The number of carbonyl (C=O) groups excluding carboxylic acids is 4. The lowest BCUT2D eigenvalue weighted by Crippen LogP contribution is -2.42. The summed E-state index contributed by atoms with van der Waals surface area (Å²) in [6, 6.07) is 10.4. The Morgan fingerprint density at radius 2 is 1.78 bits per heavy atom. The average molecular weight is 364 g/mol. The topological polar surface area (TPSA) is 108 Å². The zero-order valence-corrected chi connectivity index (χ0v) is 14.1. The molecule has 0 N–H and O–H groups in total. The van der Waals surface area contributed by atoms with Gasteiger partial charge in [-0.05, 0) is 23.8 Å². The summed E-state index contributed by atoms with van der Waals surface area (Å²) in [6.45, 7) is 1.17. The summed E-state index contributed by atoms with van der Waals surface area (Å²) in [5, 5.41) is 1.73. The molecular weight excluding hydrogens is 352 g/mol. The van der Waals surface area contributed by atoms with Crippen LogP contribution in [0.5, 0.6) is 5.75 Å². The standard InChI is InChI=1S/C20H12O7/c1-9(21)8-12(22)15-17(23)16-18(27-19(15)24)14-11-5-3-2-4-10(11)6-7-13(14)26-20(16)25/h2-7,15H,8H2,1H3. The smallest absolute Gasteiger partial charge is 0.351 e. The van der Waals surface area contributed by atoms with Crippen molar-refractivity contribution in [2.24, 2.45) is 5.92 Å². The molecule has 0 aliphatic carbocycles. The maximum absolute atomic E-state index is 12.8. The largest absolute Gasteiger partial charge is 0.424 e. The Bertz CT molecular complexity index is 1230. The van der Waals surface area contributed by atoms with Gasteiger partial charge in [0.1, 0.15) is 16.9 Å². The second kappa shape index (κ2) is 5.98. The first-order valence-electron chi connectivity index (χ1n) is 8.15. The van der Waals surface area contributed by atoms with Crippen molar-refractivity contribution in [2.75, 3.05) is 0 Å². The Hall–Kier alpha value is -3.61. The van der Waals surface area contributed by atoms with E-state index < -0.39 is 46.8 Å². The molecule has 0 saturated heterocycles. The molecule has 4 rings (SSSR count).